The second kappa shape index (κ2) is 5.51. The normalized spacial score (nSPS) is 12.1. The molecule has 1 aromatic carbocycles. The van der Waals surface area contributed by atoms with E-state index in [0.29, 0.717) is 0 Å². The van der Waals surface area contributed by atoms with E-state index < -0.39 is 16.5 Å². The van der Waals surface area contributed by atoms with Crippen LogP contribution in [0.1, 0.15) is 0 Å². The van der Waals surface area contributed by atoms with Crippen LogP contribution in [0.25, 0.3) is 4.65 Å². The van der Waals surface area contributed by atoms with Crippen molar-refractivity contribution in [3.05, 3.63) is 35.0 Å². The van der Waals surface area contributed by atoms with Crippen LogP contribution in [0.2, 0.25) is 32.7 Å². The molecule has 78 valence electrons. The molecule has 0 spiro atoms. The molecular weight excluding hydrogens is 209 g/mol. The number of hydrogen-bond acceptors (Lipinski definition) is 0. The Balaban J connectivity index is 0.00000196. The van der Waals surface area contributed by atoms with E-state index in [-0.39, 0.29) is 18.9 Å². The van der Waals surface area contributed by atoms with Gasteiger partial charge in [-0.1, -0.05) is 76.5 Å². The summed E-state index contributed by atoms with van der Waals surface area (Å²) in [5, 5.41) is 1.45. The molecule has 0 aliphatic rings. The van der Waals surface area contributed by atoms with E-state index in [0.717, 1.165) is 0 Å². The van der Waals surface area contributed by atoms with E-state index in [1.807, 2.05) is 0 Å². The van der Waals surface area contributed by atoms with Crippen molar-refractivity contribution < 1.29 is 18.9 Å². The first-order valence-corrected chi connectivity index (χ1v) is 11.5. The molecule has 0 unspecified atom stereocenters. The largest absolute Gasteiger partial charge is 1.00 e. The van der Waals surface area contributed by atoms with Gasteiger partial charge in [0.25, 0.3) is 0 Å². The summed E-state index contributed by atoms with van der Waals surface area (Å²) in [6.45, 7) is 11.6. The molecule has 1 aromatic rings. The first-order valence-electron chi connectivity index (χ1n) is 5.11. The molecule has 4 heteroatoms. The Morgan fingerprint density at radius 2 is 1.33 bits per heavy atom. The van der Waals surface area contributed by atoms with Crippen molar-refractivity contribution in [3.63, 3.8) is 0 Å². The van der Waals surface area contributed by atoms with E-state index in [1.165, 1.54) is 5.19 Å². The smallest absolute Gasteiger partial charge is 0.664 e. The van der Waals surface area contributed by atoms with Gasteiger partial charge in [0.2, 0.25) is 0 Å². The Morgan fingerprint density at radius 3 is 1.73 bits per heavy atom. The summed E-state index contributed by atoms with van der Waals surface area (Å²) in [6, 6.07) is 10.7. The number of rotatable bonds is 3. The monoisotopic (exact) mass is 229 g/mol. The molecule has 15 heavy (non-hydrogen) atoms. The van der Waals surface area contributed by atoms with Crippen LogP contribution in [0, 0.1) is 0 Å². The van der Waals surface area contributed by atoms with E-state index in [9.17, 15) is 0 Å². The minimum Gasteiger partial charge on any atom is -0.664 e. The molecule has 0 aliphatic carbocycles. The summed E-state index contributed by atoms with van der Waals surface area (Å²) >= 11 is 0. The summed E-state index contributed by atoms with van der Waals surface area (Å²) in [4.78, 5) is 0. The standard InChI is InChI=1S/C11H20NSi2.Li/c1-13(2,3)12-14(4,5)11-9-7-6-8-10-11;/h6-10H,1-5H3;/q-1;+1. The van der Waals surface area contributed by atoms with E-state index in [2.05, 4.69) is 63.1 Å². The third-order valence-electron chi connectivity index (χ3n) is 2.10. The molecule has 1 nitrogen and oxygen atoms in total. The van der Waals surface area contributed by atoms with Gasteiger partial charge in [0.05, 0.1) is 0 Å². The fraction of sp³-hybridized carbons (Fsp3) is 0.455. The molecule has 0 radical (unpaired) electrons. The van der Waals surface area contributed by atoms with E-state index >= 15 is 0 Å². The summed E-state index contributed by atoms with van der Waals surface area (Å²) in [6.07, 6.45) is 0. The minimum absolute atomic E-state index is 0. The van der Waals surface area contributed by atoms with Crippen LogP contribution in [0.4, 0.5) is 0 Å². The number of benzene rings is 1. The van der Waals surface area contributed by atoms with Crippen molar-refractivity contribution in [1.29, 1.82) is 0 Å². The van der Waals surface area contributed by atoms with Gasteiger partial charge >= 0.3 is 18.9 Å². The SMILES string of the molecule is C[Si](C)(C)[N-][Si](C)(C)c1ccccc1.[Li+]. The van der Waals surface area contributed by atoms with Gasteiger partial charge in [-0.15, -0.1) is 0 Å². The number of nitrogens with zero attached hydrogens (tertiary/aromatic N) is 1. The zero-order chi connectivity index (χ0) is 10.8. The Hall–Kier alpha value is 0.211. The first-order chi connectivity index (χ1) is 6.31. The Bertz CT molecular complexity index is 293. The van der Waals surface area contributed by atoms with Crippen LogP contribution >= 0.6 is 0 Å². The average Bonchev–Trinajstić information content (AvgIpc) is 2.01. The summed E-state index contributed by atoms with van der Waals surface area (Å²) in [5.74, 6) is 0. The Morgan fingerprint density at radius 1 is 0.867 bits per heavy atom. The van der Waals surface area contributed by atoms with Crippen molar-refractivity contribution in [1.82, 2.24) is 0 Å². The second-order valence-corrected chi connectivity index (χ2v) is 14.1. The maximum atomic E-state index is 5.09. The molecule has 0 bridgehead atoms. The summed E-state index contributed by atoms with van der Waals surface area (Å²) in [7, 11) is -2.82. The third kappa shape index (κ3) is 5.19. The van der Waals surface area contributed by atoms with Crippen LogP contribution in [-0.4, -0.2) is 16.5 Å². The van der Waals surface area contributed by atoms with Crippen molar-refractivity contribution >= 4 is 21.7 Å². The molecular formula is C11H20LiNSi2. The molecule has 0 aromatic heterocycles. The summed E-state index contributed by atoms with van der Waals surface area (Å²) in [5.41, 5.74) is 0. The average molecular weight is 229 g/mol. The van der Waals surface area contributed by atoms with Crippen LogP contribution in [0.3, 0.4) is 0 Å². The molecule has 0 amide bonds. The third-order valence-corrected chi connectivity index (χ3v) is 8.76. The van der Waals surface area contributed by atoms with Gasteiger partial charge in [0.1, 0.15) is 0 Å². The molecule has 0 N–H and O–H groups in total. The van der Waals surface area contributed by atoms with E-state index in [1.54, 1.807) is 0 Å². The van der Waals surface area contributed by atoms with Gasteiger partial charge in [-0.25, -0.2) is 0 Å². The molecule has 0 atom stereocenters. The maximum Gasteiger partial charge on any atom is 1.00 e. The van der Waals surface area contributed by atoms with Gasteiger partial charge in [0.15, 0.2) is 0 Å². The van der Waals surface area contributed by atoms with Crippen LogP contribution in [0.15, 0.2) is 30.3 Å². The predicted octanol–water partition coefficient (Wildman–Crippen LogP) is 0.311. The van der Waals surface area contributed by atoms with Gasteiger partial charge in [-0.2, -0.15) is 0 Å². The Labute approximate surface area is 108 Å². The zero-order valence-corrected chi connectivity index (χ0v) is 12.8. The Kier molecular flexibility index (Phi) is 5.59. The molecule has 0 heterocycles. The molecule has 1 rings (SSSR count). The van der Waals surface area contributed by atoms with Crippen molar-refractivity contribution in [2.24, 2.45) is 0 Å². The molecule has 0 fully saturated rings. The fourth-order valence-electron chi connectivity index (χ4n) is 1.75. The minimum atomic E-state index is -1.53. The van der Waals surface area contributed by atoms with Crippen LogP contribution < -0.4 is 24.0 Å². The van der Waals surface area contributed by atoms with Crippen molar-refractivity contribution in [2.45, 2.75) is 32.7 Å². The second-order valence-electron chi connectivity index (χ2n) is 5.21. The topological polar surface area (TPSA) is 14.1 Å². The van der Waals surface area contributed by atoms with Gasteiger partial charge in [-0.05, 0) is 8.24 Å². The fourth-order valence-corrected chi connectivity index (χ4v) is 9.98. The van der Waals surface area contributed by atoms with Crippen LogP contribution in [-0.2, 0) is 0 Å². The van der Waals surface area contributed by atoms with Gasteiger partial charge < -0.3 is 4.65 Å². The summed E-state index contributed by atoms with van der Waals surface area (Å²) < 4.78 is 5.09. The molecule has 0 saturated heterocycles. The number of hydrogen-bond donors (Lipinski definition) is 0. The first kappa shape index (κ1) is 15.2. The molecule has 0 aliphatic heterocycles. The van der Waals surface area contributed by atoms with Gasteiger partial charge in [0, 0.05) is 0 Å². The van der Waals surface area contributed by atoms with Crippen LogP contribution in [0.5, 0.6) is 0 Å². The van der Waals surface area contributed by atoms with E-state index in [4.69, 9.17) is 4.65 Å². The van der Waals surface area contributed by atoms with Crippen molar-refractivity contribution in [2.75, 3.05) is 0 Å². The zero-order valence-electron chi connectivity index (χ0n) is 10.8. The quantitative estimate of drug-likeness (QED) is 0.663. The van der Waals surface area contributed by atoms with Crippen molar-refractivity contribution in [3.8, 4) is 0 Å². The van der Waals surface area contributed by atoms with Gasteiger partial charge in [-0.3, -0.25) is 0 Å². The molecule has 0 saturated carbocycles. The maximum absolute atomic E-state index is 5.09. The predicted molar refractivity (Wildman–Crippen MR) is 70.3 cm³/mol.